The van der Waals surface area contributed by atoms with E-state index in [1.165, 1.54) is 6.20 Å². The van der Waals surface area contributed by atoms with Crippen LogP contribution in [0.5, 0.6) is 0 Å². The highest BCUT2D eigenvalue weighted by atomic mass is 16.6. The molecule has 0 atom stereocenters. The average molecular weight is 224 g/mol. The summed E-state index contributed by atoms with van der Waals surface area (Å²) in [6.07, 6.45) is 3.55. The van der Waals surface area contributed by atoms with E-state index >= 15 is 0 Å². The van der Waals surface area contributed by atoms with Gasteiger partial charge in [0, 0.05) is 17.8 Å². The maximum Gasteiger partial charge on any atom is 0.354 e. The van der Waals surface area contributed by atoms with Gasteiger partial charge in [-0.15, -0.1) is 0 Å². The van der Waals surface area contributed by atoms with Crippen LogP contribution >= 0.6 is 0 Å². The minimum Gasteiger partial charge on any atom is -0.477 e. The van der Waals surface area contributed by atoms with Crippen LogP contribution in [0.2, 0.25) is 0 Å². The van der Waals surface area contributed by atoms with E-state index in [1.54, 1.807) is 0 Å². The van der Waals surface area contributed by atoms with Crippen molar-refractivity contribution >= 4 is 11.7 Å². The van der Waals surface area contributed by atoms with Crippen molar-refractivity contribution in [2.75, 3.05) is 0 Å². The van der Waals surface area contributed by atoms with Gasteiger partial charge >= 0.3 is 5.97 Å². The van der Waals surface area contributed by atoms with Crippen molar-refractivity contribution in [3.8, 4) is 0 Å². The van der Waals surface area contributed by atoms with Crippen LogP contribution in [0.4, 0.5) is 5.69 Å². The predicted molar refractivity (Wildman–Crippen MR) is 56.5 cm³/mol. The number of hydrogen-bond acceptors (Lipinski definition) is 4. The second-order valence-electron chi connectivity index (χ2n) is 3.36. The minimum absolute atomic E-state index is 0.166. The molecule has 0 fully saturated rings. The highest BCUT2D eigenvalue weighted by Crippen LogP contribution is 2.20. The van der Waals surface area contributed by atoms with Crippen LogP contribution in [0.25, 0.3) is 0 Å². The molecule has 0 aliphatic carbocycles. The standard InChI is InChI=1S/C10H12N2O4/c1-2-3-4-7-6-11-8(10(13)14)5-9(7)12(15)16/h5-6H,2-4H2,1H3,(H,13,14). The van der Waals surface area contributed by atoms with E-state index in [-0.39, 0.29) is 11.4 Å². The van der Waals surface area contributed by atoms with Gasteiger partial charge in [0.1, 0.15) is 0 Å². The fourth-order valence-electron chi connectivity index (χ4n) is 1.32. The van der Waals surface area contributed by atoms with E-state index in [9.17, 15) is 14.9 Å². The van der Waals surface area contributed by atoms with E-state index in [4.69, 9.17) is 5.11 Å². The van der Waals surface area contributed by atoms with Gasteiger partial charge in [0.05, 0.1) is 4.92 Å². The number of carbonyl (C=O) groups is 1. The predicted octanol–water partition coefficient (Wildman–Crippen LogP) is 2.03. The summed E-state index contributed by atoms with van der Waals surface area (Å²) in [6.45, 7) is 1.98. The lowest BCUT2D eigenvalue weighted by Crippen LogP contribution is -2.04. The van der Waals surface area contributed by atoms with Gasteiger partial charge in [-0.2, -0.15) is 0 Å². The summed E-state index contributed by atoms with van der Waals surface area (Å²) < 4.78 is 0. The molecule has 6 nitrogen and oxygen atoms in total. The molecule has 0 unspecified atom stereocenters. The number of carboxylic acids is 1. The molecule has 1 aromatic heterocycles. The number of pyridine rings is 1. The number of nitrogens with zero attached hydrogens (tertiary/aromatic N) is 2. The van der Waals surface area contributed by atoms with Gasteiger partial charge in [0.2, 0.25) is 0 Å². The van der Waals surface area contributed by atoms with Crippen LogP contribution in [-0.2, 0) is 6.42 Å². The van der Waals surface area contributed by atoms with Crippen molar-refractivity contribution in [2.24, 2.45) is 0 Å². The van der Waals surface area contributed by atoms with E-state index in [2.05, 4.69) is 4.98 Å². The van der Waals surface area contributed by atoms with Crippen molar-refractivity contribution in [1.29, 1.82) is 0 Å². The first kappa shape index (κ1) is 12.1. The molecule has 16 heavy (non-hydrogen) atoms. The molecule has 0 aromatic carbocycles. The molecule has 0 bridgehead atoms. The van der Waals surface area contributed by atoms with Gasteiger partial charge < -0.3 is 5.11 Å². The van der Waals surface area contributed by atoms with Crippen LogP contribution < -0.4 is 0 Å². The Labute approximate surface area is 92.1 Å². The second-order valence-corrected chi connectivity index (χ2v) is 3.36. The quantitative estimate of drug-likeness (QED) is 0.610. The summed E-state index contributed by atoms with van der Waals surface area (Å²) in [5.41, 5.74) is 0.0182. The number of rotatable bonds is 5. The first-order chi connectivity index (χ1) is 7.56. The Morgan fingerprint density at radius 3 is 2.81 bits per heavy atom. The van der Waals surface area contributed by atoms with Crippen molar-refractivity contribution in [2.45, 2.75) is 26.2 Å². The van der Waals surface area contributed by atoms with Crippen LogP contribution in [0, 0.1) is 10.1 Å². The molecule has 0 saturated carbocycles. The maximum absolute atomic E-state index is 10.7. The van der Waals surface area contributed by atoms with Crippen LogP contribution in [0.15, 0.2) is 12.3 Å². The number of aromatic nitrogens is 1. The molecule has 1 rings (SSSR count). The monoisotopic (exact) mass is 224 g/mol. The van der Waals surface area contributed by atoms with Gasteiger partial charge in [-0.1, -0.05) is 13.3 Å². The molecule has 0 amide bonds. The van der Waals surface area contributed by atoms with Crippen molar-refractivity contribution in [1.82, 2.24) is 4.98 Å². The van der Waals surface area contributed by atoms with E-state index in [0.29, 0.717) is 12.0 Å². The molecule has 1 N–H and O–H groups in total. The molecule has 1 aromatic rings. The highest BCUT2D eigenvalue weighted by molar-refractivity contribution is 5.86. The largest absolute Gasteiger partial charge is 0.477 e. The first-order valence-corrected chi connectivity index (χ1v) is 4.92. The lowest BCUT2D eigenvalue weighted by Gasteiger charge is -2.02. The van der Waals surface area contributed by atoms with Crippen molar-refractivity contribution < 1.29 is 14.8 Å². The molecule has 0 saturated heterocycles. The molecule has 86 valence electrons. The molecule has 0 spiro atoms. The SMILES string of the molecule is CCCCc1cnc(C(=O)O)cc1[N+](=O)[O-]. The van der Waals surface area contributed by atoms with Crippen LogP contribution in [-0.4, -0.2) is 21.0 Å². The third kappa shape index (κ3) is 2.75. The average Bonchev–Trinajstić information content (AvgIpc) is 2.25. The summed E-state index contributed by atoms with van der Waals surface area (Å²) >= 11 is 0. The summed E-state index contributed by atoms with van der Waals surface area (Å²) in [7, 11) is 0. The third-order valence-electron chi connectivity index (χ3n) is 2.18. The van der Waals surface area contributed by atoms with Gasteiger partial charge in [0.25, 0.3) is 5.69 Å². The third-order valence-corrected chi connectivity index (χ3v) is 2.18. The minimum atomic E-state index is -1.26. The molecule has 6 heteroatoms. The second kappa shape index (κ2) is 5.20. The number of aromatic carboxylic acids is 1. The molecule has 0 aliphatic rings. The molecular weight excluding hydrogens is 212 g/mol. The van der Waals surface area contributed by atoms with Crippen molar-refractivity contribution in [3.05, 3.63) is 33.6 Å². The summed E-state index contributed by atoms with van der Waals surface area (Å²) in [4.78, 5) is 24.5. The molecule has 1 heterocycles. The van der Waals surface area contributed by atoms with Gasteiger partial charge in [-0.05, 0) is 12.8 Å². The summed E-state index contributed by atoms with van der Waals surface area (Å²) in [5, 5.41) is 19.4. The number of aryl methyl sites for hydroxylation is 1. The first-order valence-electron chi connectivity index (χ1n) is 4.92. The lowest BCUT2D eigenvalue weighted by molar-refractivity contribution is -0.385. The number of hydrogen-bond donors (Lipinski definition) is 1. The summed E-state index contributed by atoms with van der Waals surface area (Å²) in [5.74, 6) is -1.26. The molecule has 0 radical (unpaired) electrons. The Hall–Kier alpha value is -1.98. The highest BCUT2D eigenvalue weighted by Gasteiger charge is 2.17. The normalized spacial score (nSPS) is 10.1. The van der Waals surface area contributed by atoms with Crippen LogP contribution in [0.3, 0.4) is 0 Å². The Morgan fingerprint density at radius 2 is 2.31 bits per heavy atom. The molecular formula is C10H12N2O4. The maximum atomic E-state index is 10.7. The fraction of sp³-hybridized carbons (Fsp3) is 0.400. The Morgan fingerprint density at radius 1 is 1.62 bits per heavy atom. The van der Waals surface area contributed by atoms with Gasteiger partial charge in [-0.25, -0.2) is 9.78 Å². The van der Waals surface area contributed by atoms with E-state index in [1.807, 2.05) is 6.92 Å². The summed E-state index contributed by atoms with van der Waals surface area (Å²) in [6, 6.07) is 1.01. The number of carboxylic acid groups (broad SMARTS) is 1. The zero-order chi connectivity index (χ0) is 12.1. The van der Waals surface area contributed by atoms with E-state index in [0.717, 1.165) is 18.9 Å². The zero-order valence-corrected chi connectivity index (χ0v) is 8.84. The Bertz CT molecular complexity index is 417. The lowest BCUT2D eigenvalue weighted by atomic mass is 10.1. The van der Waals surface area contributed by atoms with Crippen LogP contribution in [0.1, 0.15) is 35.8 Å². The fourth-order valence-corrected chi connectivity index (χ4v) is 1.32. The molecule has 0 aliphatic heterocycles. The van der Waals surface area contributed by atoms with Gasteiger partial charge in [-0.3, -0.25) is 10.1 Å². The smallest absolute Gasteiger partial charge is 0.354 e. The van der Waals surface area contributed by atoms with Gasteiger partial charge in [0.15, 0.2) is 5.69 Å². The van der Waals surface area contributed by atoms with Crippen molar-refractivity contribution in [3.63, 3.8) is 0 Å². The number of unbranched alkanes of at least 4 members (excludes halogenated alkanes) is 1. The zero-order valence-electron chi connectivity index (χ0n) is 8.84. The number of nitro groups is 1. The topological polar surface area (TPSA) is 93.3 Å². The van der Waals surface area contributed by atoms with E-state index < -0.39 is 10.9 Å². The Kier molecular flexibility index (Phi) is 3.93. The Balaban J connectivity index is 3.09.